The zero-order valence-electron chi connectivity index (χ0n) is 16.8. The standard InChI is InChI=1S/C27H29N/c1-19-7-12-26(23-5-3-2-4-6-23)28(19)25-10-8-24(9-11-25)27-16-20-13-21(17-27)15-22(14-20)18-27/h2-12,20-22H,13-18H2,1H3. The van der Waals surface area contributed by atoms with Crippen molar-refractivity contribution in [1.82, 2.24) is 4.57 Å². The molecule has 142 valence electrons. The molecule has 4 aliphatic carbocycles. The van der Waals surface area contributed by atoms with Crippen molar-refractivity contribution in [3.8, 4) is 16.9 Å². The Morgan fingerprint density at radius 2 is 1.32 bits per heavy atom. The molecule has 4 aliphatic rings. The number of aryl methyl sites for hydroxylation is 1. The van der Waals surface area contributed by atoms with E-state index in [1.807, 2.05) is 0 Å². The van der Waals surface area contributed by atoms with Crippen molar-refractivity contribution in [2.75, 3.05) is 0 Å². The number of hydrogen-bond donors (Lipinski definition) is 0. The highest BCUT2D eigenvalue weighted by Gasteiger charge is 2.51. The molecule has 0 aliphatic heterocycles. The molecule has 2 aromatic carbocycles. The molecular weight excluding hydrogens is 338 g/mol. The van der Waals surface area contributed by atoms with Crippen molar-refractivity contribution in [3.63, 3.8) is 0 Å². The van der Waals surface area contributed by atoms with E-state index in [4.69, 9.17) is 0 Å². The average molecular weight is 368 g/mol. The van der Waals surface area contributed by atoms with Crippen LogP contribution in [0.4, 0.5) is 0 Å². The predicted molar refractivity (Wildman–Crippen MR) is 116 cm³/mol. The summed E-state index contributed by atoms with van der Waals surface area (Å²) >= 11 is 0. The van der Waals surface area contributed by atoms with E-state index >= 15 is 0 Å². The van der Waals surface area contributed by atoms with Crippen molar-refractivity contribution in [1.29, 1.82) is 0 Å². The molecule has 0 N–H and O–H groups in total. The zero-order valence-corrected chi connectivity index (χ0v) is 16.8. The van der Waals surface area contributed by atoms with Crippen LogP contribution >= 0.6 is 0 Å². The minimum absolute atomic E-state index is 0.487. The van der Waals surface area contributed by atoms with Gasteiger partial charge in [0.05, 0.1) is 5.69 Å². The van der Waals surface area contributed by atoms with E-state index in [2.05, 4.69) is 78.2 Å². The molecule has 1 heteroatoms. The van der Waals surface area contributed by atoms with Crippen molar-refractivity contribution in [3.05, 3.63) is 78.0 Å². The fourth-order valence-electron chi connectivity index (χ4n) is 7.14. The molecular formula is C27H29N. The zero-order chi connectivity index (χ0) is 18.7. The summed E-state index contributed by atoms with van der Waals surface area (Å²) in [5.41, 5.74) is 7.24. The third kappa shape index (κ3) is 2.52. The number of benzene rings is 2. The highest BCUT2D eigenvalue weighted by atomic mass is 15.0. The summed E-state index contributed by atoms with van der Waals surface area (Å²) in [6, 6.07) is 24.9. The largest absolute Gasteiger partial charge is 0.314 e. The molecule has 1 aromatic heterocycles. The van der Waals surface area contributed by atoms with E-state index in [-0.39, 0.29) is 0 Å². The maximum Gasteiger partial charge on any atom is 0.0531 e. The first kappa shape index (κ1) is 16.7. The predicted octanol–water partition coefficient (Wildman–Crippen LogP) is 6.92. The molecule has 0 spiro atoms. The summed E-state index contributed by atoms with van der Waals surface area (Å²) in [6.07, 6.45) is 8.86. The van der Waals surface area contributed by atoms with Crippen LogP contribution in [0.3, 0.4) is 0 Å². The van der Waals surface area contributed by atoms with Gasteiger partial charge in [-0.15, -0.1) is 0 Å². The highest BCUT2D eigenvalue weighted by molar-refractivity contribution is 5.64. The molecule has 1 nitrogen and oxygen atoms in total. The molecule has 4 fully saturated rings. The fourth-order valence-corrected chi connectivity index (χ4v) is 7.14. The van der Waals surface area contributed by atoms with Crippen LogP contribution in [0, 0.1) is 24.7 Å². The maximum absolute atomic E-state index is 2.46. The molecule has 7 rings (SSSR count). The Balaban J connectivity index is 1.37. The summed E-state index contributed by atoms with van der Waals surface area (Å²) in [5, 5.41) is 0. The molecule has 3 aromatic rings. The lowest BCUT2D eigenvalue weighted by atomic mass is 9.48. The van der Waals surface area contributed by atoms with Gasteiger partial charge in [-0.25, -0.2) is 0 Å². The van der Waals surface area contributed by atoms with E-state index in [0.29, 0.717) is 5.41 Å². The summed E-state index contributed by atoms with van der Waals surface area (Å²) in [6.45, 7) is 2.21. The molecule has 1 heterocycles. The SMILES string of the molecule is Cc1ccc(-c2ccccc2)n1-c1ccc(C23CC4CC(CC(C4)C2)C3)cc1. The molecule has 28 heavy (non-hydrogen) atoms. The lowest BCUT2D eigenvalue weighted by Gasteiger charge is -2.57. The van der Waals surface area contributed by atoms with E-state index < -0.39 is 0 Å². The number of nitrogens with zero attached hydrogens (tertiary/aromatic N) is 1. The molecule has 0 radical (unpaired) electrons. The quantitative estimate of drug-likeness (QED) is 0.473. The Bertz CT molecular complexity index is 957. The lowest BCUT2D eigenvalue weighted by Crippen LogP contribution is -2.48. The maximum atomic E-state index is 2.46. The Morgan fingerprint density at radius 1 is 0.714 bits per heavy atom. The monoisotopic (exact) mass is 367 g/mol. The first-order valence-corrected chi connectivity index (χ1v) is 11.0. The lowest BCUT2D eigenvalue weighted by molar-refractivity contribution is -0.00518. The average Bonchev–Trinajstić information content (AvgIpc) is 3.09. The van der Waals surface area contributed by atoms with Crippen molar-refractivity contribution < 1.29 is 0 Å². The smallest absolute Gasteiger partial charge is 0.0531 e. The van der Waals surface area contributed by atoms with Crippen molar-refractivity contribution in [2.24, 2.45) is 17.8 Å². The van der Waals surface area contributed by atoms with Crippen LogP contribution in [0.1, 0.15) is 49.8 Å². The molecule has 0 amide bonds. The third-order valence-corrected chi connectivity index (χ3v) is 7.92. The topological polar surface area (TPSA) is 4.93 Å². The first-order chi connectivity index (χ1) is 13.7. The summed E-state index contributed by atoms with van der Waals surface area (Å²) < 4.78 is 2.40. The number of rotatable bonds is 3. The minimum Gasteiger partial charge on any atom is -0.314 e. The second-order valence-corrected chi connectivity index (χ2v) is 9.81. The van der Waals surface area contributed by atoms with Gasteiger partial charge in [0.25, 0.3) is 0 Å². The minimum atomic E-state index is 0.487. The summed E-state index contributed by atoms with van der Waals surface area (Å²) in [4.78, 5) is 0. The van der Waals surface area contributed by atoms with Crippen LogP contribution in [0.25, 0.3) is 16.9 Å². The molecule has 0 saturated heterocycles. The van der Waals surface area contributed by atoms with Crippen LogP contribution in [0.15, 0.2) is 66.7 Å². The van der Waals surface area contributed by atoms with E-state index in [1.165, 1.54) is 61.2 Å². The Hall–Kier alpha value is -2.28. The Morgan fingerprint density at radius 3 is 1.93 bits per heavy atom. The molecule has 4 saturated carbocycles. The molecule has 0 atom stereocenters. The van der Waals surface area contributed by atoms with E-state index in [0.717, 1.165) is 17.8 Å². The van der Waals surface area contributed by atoms with Crippen LogP contribution in [0.2, 0.25) is 0 Å². The number of aromatic nitrogens is 1. The van der Waals surface area contributed by atoms with Crippen LogP contribution in [0.5, 0.6) is 0 Å². The van der Waals surface area contributed by atoms with Gasteiger partial charge in [0.15, 0.2) is 0 Å². The van der Waals surface area contributed by atoms with Gasteiger partial charge in [-0.2, -0.15) is 0 Å². The van der Waals surface area contributed by atoms with Crippen LogP contribution in [-0.2, 0) is 5.41 Å². The summed E-state index contributed by atoms with van der Waals surface area (Å²) in [5.74, 6) is 3.01. The van der Waals surface area contributed by atoms with Gasteiger partial charge in [-0.3, -0.25) is 0 Å². The third-order valence-electron chi connectivity index (χ3n) is 7.92. The molecule has 0 unspecified atom stereocenters. The van der Waals surface area contributed by atoms with Gasteiger partial charge in [0.2, 0.25) is 0 Å². The Labute approximate surface area is 168 Å². The van der Waals surface area contributed by atoms with Gasteiger partial charge in [-0.05, 0) is 104 Å². The van der Waals surface area contributed by atoms with Gasteiger partial charge < -0.3 is 4.57 Å². The van der Waals surface area contributed by atoms with Gasteiger partial charge >= 0.3 is 0 Å². The van der Waals surface area contributed by atoms with Crippen molar-refractivity contribution in [2.45, 2.75) is 50.9 Å². The van der Waals surface area contributed by atoms with E-state index in [9.17, 15) is 0 Å². The second-order valence-electron chi connectivity index (χ2n) is 9.81. The van der Waals surface area contributed by atoms with Crippen LogP contribution < -0.4 is 0 Å². The molecule has 4 bridgehead atoms. The fraction of sp³-hybridized carbons (Fsp3) is 0.407. The Kier molecular flexibility index (Phi) is 3.63. The highest BCUT2D eigenvalue weighted by Crippen LogP contribution is 2.60. The van der Waals surface area contributed by atoms with Gasteiger partial charge in [-0.1, -0.05) is 42.5 Å². The normalized spacial score (nSPS) is 30.7. The summed E-state index contributed by atoms with van der Waals surface area (Å²) in [7, 11) is 0. The number of hydrogen-bond acceptors (Lipinski definition) is 0. The van der Waals surface area contributed by atoms with E-state index in [1.54, 1.807) is 5.56 Å². The van der Waals surface area contributed by atoms with Crippen LogP contribution in [-0.4, -0.2) is 4.57 Å². The van der Waals surface area contributed by atoms with Crippen molar-refractivity contribution >= 4 is 0 Å². The van der Waals surface area contributed by atoms with Gasteiger partial charge in [0, 0.05) is 11.4 Å². The van der Waals surface area contributed by atoms with Gasteiger partial charge in [0.1, 0.15) is 0 Å². The second kappa shape index (κ2) is 6.11. The first-order valence-electron chi connectivity index (χ1n) is 11.0.